The monoisotopic (exact) mass is 261 g/mol. The molecular formula is C10H12ClNO5. The van der Waals surface area contributed by atoms with Crippen molar-refractivity contribution in [1.82, 2.24) is 0 Å². The molecule has 0 aliphatic carbocycles. The Morgan fingerprint density at radius 2 is 2.06 bits per heavy atom. The first-order valence-corrected chi connectivity index (χ1v) is 4.98. The maximum Gasteiger partial charge on any atom is 0.337 e. The van der Waals surface area contributed by atoms with Crippen molar-refractivity contribution in [2.75, 3.05) is 12.8 Å². The molecule has 2 atom stereocenters. The third-order valence-electron chi connectivity index (χ3n) is 2.19. The number of halogens is 1. The average Bonchev–Trinajstić information content (AvgIpc) is 2.30. The zero-order valence-electron chi connectivity index (χ0n) is 8.92. The molecule has 0 aliphatic rings. The lowest BCUT2D eigenvalue weighted by Crippen LogP contribution is -2.29. The standard InChI is InChI=1S/C10H12ClNO5/c1-17-10(16)9(15)8(14)5-2-4(11)3-6(12)7(5)13/h2-3,8-9,13-15H,12H2,1H3. The summed E-state index contributed by atoms with van der Waals surface area (Å²) in [7, 11) is 1.06. The van der Waals surface area contributed by atoms with E-state index < -0.39 is 23.9 Å². The Kier molecular flexibility index (Phi) is 4.17. The average molecular weight is 262 g/mol. The Bertz CT molecular complexity index is 437. The zero-order chi connectivity index (χ0) is 13.2. The van der Waals surface area contributed by atoms with Crippen molar-refractivity contribution in [1.29, 1.82) is 0 Å². The second kappa shape index (κ2) is 5.22. The fraction of sp³-hybridized carbons (Fsp3) is 0.300. The molecule has 1 rings (SSSR count). The summed E-state index contributed by atoms with van der Waals surface area (Å²) < 4.78 is 4.26. The third-order valence-corrected chi connectivity index (χ3v) is 2.41. The SMILES string of the molecule is COC(=O)C(O)C(O)c1cc(Cl)cc(N)c1O. The van der Waals surface area contributed by atoms with Crippen LogP contribution in [0.5, 0.6) is 5.75 Å². The molecule has 0 amide bonds. The molecule has 2 unspecified atom stereocenters. The summed E-state index contributed by atoms with van der Waals surface area (Å²) in [6.07, 6.45) is -3.51. The number of methoxy groups -OCH3 is 1. The number of aliphatic hydroxyl groups excluding tert-OH is 2. The lowest BCUT2D eigenvalue weighted by Gasteiger charge is -2.18. The lowest BCUT2D eigenvalue weighted by molar-refractivity contribution is -0.156. The topological polar surface area (TPSA) is 113 Å². The van der Waals surface area contributed by atoms with Crippen LogP contribution in [0.2, 0.25) is 5.02 Å². The number of aliphatic hydroxyl groups is 2. The van der Waals surface area contributed by atoms with Gasteiger partial charge in [0.15, 0.2) is 6.10 Å². The molecule has 0 saturated carbocycles. The van der Waals surface area contributed by atoms with E-state index in [4.69, 9.17) is 17.3 Å². The number of ether oxygens (including phenoxy) is 1. The second-order valence-corrected chi connectivity index (χ2v) is 3.78. The van der Waals surface area contributed by atoms with Gasteiger partial charge in [-0.3, -0.25) is 0 Å². The van der Waals surface area contributed by atoms with Gasteiger partial charge < -0.3 is 25.8 Å². The van der Waals surface area contributed by atoms with Gasteiger partial charge >= 0.3 is 5.97 Å². The number of hydrogen-bond donors (Lipinski definition) is 4. The van der Waals surface area contributed by atoms with Gasteiger partial charge in [0.05, 0.1) is 12.8 Å². The summed E-state index contributed by atoms with van der Waals surface area (Å²) in [5.74, 6) is -1.47. The highest BCUT2D eigenvalue weighted by molar-refractivity contribution is 6.31. The van der Waals surface area contributed by atoms with Crippen LogP contribution >= 0.6 is 11.6 Å². The summed E-state index contributed by atoms with van der Waals surface area (Å²) in [4.78, 5) is 11.0. The molecule has 0 bridgehead atoms. The number of phenolic OH excluding ortho intramolecular Hbond substituents is 1. The number of carbonyl (C=O) groups excluding carboxylic acids is 1. The van der Waals surface area contributed by atoms with E-state index in [1.165, 1.54) is 12.1 Å². The first-order valence-electron chi connectivity index (χ1n) is 4.60. The van der Waals surface area contributed by atoms with E-state index in [1.807, 2.05) is 0 Å². The van der Waals surface area contributed by atoms with Crippen LogP contribution < -0.4 is 5.73 Å². The van der Waals surface area contributed by atoms with Crippen LogP contribution in [0, 0.1) is 0 Å². The van der Waals surface area contributed by atoms with Crippen molar-refractivity contribution in [3.05, 3.63) is 22.7 Å². The summed E-state index contributed by atoms with van der Waals surface area (Å²) in [5.41, 5.74) is 5.21. The van der Waals surface area contributed by atoms with Gasteiger partial charge in [0, 0.05) is 10.6 Å². The summed E-state index contributed by atoms with van der Waals surface area (Å²) >= 11 is 5.68. The second-order valence-electron chi connectivity index (χ2n) is 3.35. The Labute approximate surface area is 102 Å². The molecule has 94 valence electrons. The minimum atomic E-state index is -1.83. The lowest BCUT2D eigenvalue weighted by atomic mass is 10.0. The van der Waals surface area contributed by atoms with Gasteiger partial charge in [0.25, 0.3) is 0 Å². The van der Waals surface area contributed by atoms with Crippen LogP contribution in [-0.2, 0) is 9.53 Å². The molecule has 0 aromatic heterocycles. The van der Waals surface area contributed by atoms with Crippen LogP contribution in [0.1, 0.15) is 11.7 Å². The maximum absolute atomic E-state index is 11.0. The smallest absolute Gasteiger partial charge is 0.337 e. The van der Waals surface area contributed by atoms with Gasteiger partial charge in [0.1, 0.15) is 11.9 Å². The van der Waals surface area contributed by atoms with Gasteiger partial charge in [-0.2, -0.15) is 0 Å². The predicted octanol–water partition coefficient (Wildman–Crippen LogP) is 0.195. The normalized spacial score (nSPS) is 14.1. The highest BCUT2D eigenvalue weighted by Crippen LogP contribution is 2.34. The molecule has 0 saturated heterocycles. The Morgan fingerprint density at radius 1 is 1.47 bits per heavy atom. The van der Waals surface area contributed by atoms with E-state index in [1.54, 1.807) is 0 Å². The molecular weight excluding hydrogens is 250 g/mol. The van der Waals surface area contributed by atoms with E-state index in [9.17, 15) is 20.1 Å². The Balaban J connectivity index is 3.12. The third kappa shape index (κ3) is 2.79. The summed E-state index contributed by atoms with van der Waals surface area (Å²) in [5, 5.41) is 28.9. The van der Waals surface area contributed by atoms with Crippen molar-refractivity contribution < 1.29 is 24.9 Å². The van der Waals surface area contributed by atoms with E-state index in [-0.39, 0.29) is 16.3 Å². The number of nitrogen functional groups attached to an aromatic ring is 1. The highest BCUT2D eigenvalue weighted by atomic mass is 35.5. The number of carbonyl (C=O) groups is 1. The number of benzene rings is 1. The number of rotatable bonds is 3. The van der Waals surface area contributed by atoms with Crippen LogP contribution in [0.4, 0.5) is 5.69 Å². The van der Waals surface area contributed by atoms with Crippen LogP contribution in [0.15, 0.2) is 12.1 Å². The largest absolute Gasteiger partial charge is 0.505 e. The van der Waals surface area contributed by atoms with Crippen LogP contribution in [-0.4, -0.2) is 34.5 Å². The van der Waals surface area contributed by atoms with Gasteiger partial charge in [-0.15, -0.1) is 0 Å². The molecule has 0 fully saturated rings. The highest BCUT2D eigenvalue weighted by Gasteiger charge is 2.29. The number of nitrogens with two attached hydrogens (primary N) is 1. The molecule has 0 heterocycles. The van der Waals surface area contributed by atoms with E-state index in [0.29, 0.717) is 0 Å². The van der Waals surface area contributed by atoms with E-state index in [2.05, 4.69) is 4.74 Å². The maximum atomic E-state index is 11.0. The molecule has 17 heavy (non-hydrogen) atoms. The first kappa shape index (κ1) is 13.6. The number of aromatic hydroxyl groups is 1. The fourth-order valence-electron chi connectivity index (χ4n) is 1.29. The van der Waals surface area contributed by atoms with Gasteiger partial charge in [0.2, 0.25) is 0 Å². The molecule has 0 spiro atoms. The van der Waals surface area contributed by atoms with E-state index in [0.717, 1.165) is 7.11 Å². The predicted molar refractivity (Wildman–Crippen MR) is 60.5 cm³/mol. The Morgan fingerprint density at radius 3 is 2.59 bits per heavy atom. The van der Waals surface area contributed by atoms with Crippen LogP contribution in [0.25, 0.3) is 0 Å². The van der Waals surface area contributed by atoms with Crippen molar-refractivity contribution in [2.45, 2.75) is 12.2 Å². The summed E-state index contributed by atoms with van der Waals surface area (Å²) in [6, 6.07) is 2.47. The Hall–Kier alpha value is -1.50. The zero-order valence-corrected chi connectivity index (χ0v) is 9.68. The number of anilines is 1. The number of hydrogen-bond acceptors (Lipinski definition) is 6. The van der Waals surface area contributed by atoms with Crippen molar-refractivity contribution >= 4 is 23.3 Å². The minimum Gasteiger partial charge on any atom is -0.505 e. The molecule has 1 aromatic rings. The molecule has 1 aromatic carbocycles. The first-order chi connectivity index (χ1) is 7.88. The number of esters is 1. The molecule has 6 nitrogen and oxygen atoms in total. The molecule has 0 radical (unpaired) electrons. The quantitative estimate of drug-likeness (QED) is 0.351. The van der Waals surface area contributed by atoms with Crippen molar-refractivity contribution in [3.8, 4) is 5.75 Å². The molecule has 7 heteroatoms. The van der Waals surface area contributed by atoms with E-state index >= 15 is 0 Å². The number of phenols is 1. The van der Waals surface area contributed by atoms with Crippen LogP contribution in [0.3, 0.4) is 0 Å². The fourth-order valence-corrected chi connectivity index (χ4v) is 1.52. The summed E-state index contributed by atoms with van der Waals surface area (Å²) in [6.45, 7) is 0. The molecule has 0 aliphatic heterocycles. The van der Waals surface area contributed by atoms with Crippen molar-refractivity contribution in [3.63, 3.8) is 0 Å². The van der Waals surface area contributed by atoms with Gasteiger partial charge in [-0.1, -0.05) is 11.6 Å². The molecule has 5 N–H and O–H groups in total. The van der Waals surface area contributed by atoms with Gasteiger partial charge in [-0.25, -0.2) is 4.79 Å². The minimum absolute atomic E-state index is 0.0661. The van der Waals surface area contributed by atoms with Crippen molar-refractivity contribution in [2.24, 2.45) is 0 Å². The van der Waals surface area contributed by atoms with Gasteiger partial charge in [-0.05, 0) is 12.1 Å².